The van der Waals surface area contributed by atoms with E-state index in [1.54, 1.807) is 21.0 Å². The van der Waals surface area contributed by atoms with Gasteiger partial charge in [0.2, 0.25) is 5.91 Å². The van der Waals surface area contributed by atoms with E-state index in [1.807, 2.05) is 0 Å². The van der Waals surface area contributed by atoms with Crippen LogP contribution in [0.2, 0.25) is 0 Å². The van der Waals surface area contributed by atoms with Gasteiger partial charge in [0, 0.05) is 20.6 Å². The van der Waals surface area contributed by atoms with Crippen molar-refractivity contribution in [2.24, 2.45) is 5.92 Å². The third kappa shape index (κ3) is 2.96. The van der Waals surface area contributed by atoms with Crippen molar-refractivity contribution in [2.75, 3.05) is 26.4 Å². The Morgan fingerprint density at radius 1 is 1.65 bits per heavy atom. The van der Waals surface area contributed by atoms with Crippen molar-refractivity contribution in [3.05, 3.63) is 11.8 Å². The summed E-state index contributed by atoms with van der Waals surface area (Å²) in [6, 6.07) is 0. The molecule has 1 heterocycles. The van der Waals surface area contributed by atoms with Crippen molar-refractivity contribution in [1.82, 2.24) is 20.4 Å². The number of rotatable bonds is 4. The van der Waals surface area contributed by atoms with E-state index in [9.17, 15) is 9.59 Å². The summed E-state index contributed by atoms with van der Waals surface area (Å²) in [5, 5.41) is 8.71. The molecule has 0 aromatic carbocycles. The maximum atomic E-state index is 11.9. The molecule has 0 aliphatic heterocycles. The Morgan fingerprint density at radius 2 is 2.29 bits per heavy atom. The molecule has 0 fully saturated rings. The van der Waals surface area contributed by atoms with Gasteiger partial charge in [-0.05, 0) is 0 Å². The SMILES string of the molecule is CNC(=O)C(C)CN(C)C(=O)c1cn[nH]c1N. The third-order valence-electron chi connectivity index (χ3n) is 2.49. The Morgan fingerprint density at radius 3 is 2.76 bits per heavy atom. The molecule has 0 spiro atoms. The lowest BCUT2D eigenvalue weighted by atomic mass is 10.1. The van der Waals surface area contributed by atoms with Gasteiger partial charge >= 0.3 is 0 Å². The van der Waals surface area contributed by atoms with E-state index in [1.165, 1.54) is 11.1 Å². The highest BCUT2D eigenvalue weighted by molar-refractivity contribution is 5.98. The van der Waals surface area contributed by atoms with Crippen LogP contribution in [0, 0.1) is 5.92 Å². The van der Waals surface area contributed by atoms with Gasteiger partial charge in [-0.3, -0.25) is 14.7 Å². The second kappa shape index (κ2) is 5.33. The molecule has 0 saturated heterocycles. The minimum absolute atomic E-state index is 0.107. The number of nitrogens with two attached hydrogens (primary N) is 1. The number of H-pyrrole nitrogens is 1. The normalized spacial score (nSPS) is 11.9. The molecule has 0 saturated carbocycles. The van der Waals surface area contributed by atoms with Crippen LogP contribution in [0.5, 0.6) is 0 Å². The number of amides is 2. The molecule has 0 aliphatic rings. The zero-order chi connectivity index (χ0) is 13.0. The highest BCUT2D eigenvalue weighted by Gasteiger charge is 2.20. The average molecular weight is 239 g/mol. The molecule has 1 aromatic heterocycles. The van der Waals surface area contributed by atoms with Gasteiger partial charge < -0.3 is 16.0 Å². The first kappa shape index (κ1) is 13.0. The van der Waals surface area contributed by atoms with Gasteiger partial charge in [0.25, 0.3) is 5.91 Å². The zero-order valence-corrected chi connectivity index (χ0v) is 10.2. The fraction of sp³-hybridized carbons (Fsp3) is 0.500. The predicted molar refractivity (Wildman–Crippen MR) is 63.2 cm³/mol. The number of hydrogen-bond donors (Lipinski definition) is 3. The lowest BCUT2D eigenvalue weighted by molar-refractivity contribution is -0.124. The molecule has 0 aliphatic carbocycles. The summed E-state index contributed by atoms with van der Waals surface area (Å²) in [5.41, 5.74) is 5.87. The largest absolute Gasteiger partial charge is 0.383 e. The molecule has 1 aromatic rings. The predicted octanol–water partition coefficient (Wildman–Crippen LogP) is -0.554. The van der Waals surface area contributed by atoms with Crippen molar-refractivity contribution in [3.63, 3.8) is 0 Å². The number of carbonyl (C=O) groups is 2. The van der Waals surface area contributed by atoms with Crippen LogP contribution >= 0.6 is 0 Å². The fourth-order valence-electron chi connectivity index (χ4n) is 1.50. The van der Waals surface area contributed by atoms with Crippen LogP contribution in [0.4, 0.5) is 5.82 Å². The van der Waals surface area contributed by atoms with Crippen LogP contribution < -0.4 is 11.1 Å². The number of anilines is 1. The lowest BCUT2D eigenvalue weighted by Crippen LogP contribution is -2.37. The Bertz CT molecular complexity index is 415. The Kier molecular flexibility index (Phi) is 4.08. The smallest absolute Gasteiger partial charge is 0.258 e. The fourth-order valence-corrected chi connectivity index (χ4v) is 1.50. The van der Waals surface area contributed by atoms with Crippen LogP contribution in [0.15, 0.2) is 6.20 Å². The van der Waals surface area contributed by atoms with Gasteiger partial charge in [-0.15, -0.1) is 0 Å². The number of nitrogens with one attached hydrogen (secondary N) is 2. The minimum Gasteiger partial charge on any atom is -0.383 e. The van der Waals surface area contributed by atoms with E-state index < -0.39 is 0 Å². The summed E-state index contributed by atoms with van der Waals surface area (Å²) in [5.74, 6) is -0.409. The Labute approximate surface area is 99.4 Å². The summed E-state index contributed by atoms with van der Waals surface area (Å²) in [6.45, 7) is 2.07. The molecule has 1 atom stereocenters. The molecule has 1 unspecified atom stereocenters. The molecular formula is C10H17N5O2. The topological polar surface area (TPSA) is 104 Å². The molecule has 0 bridgehead atoms. The Hall–Kier alpha value is -2.05. The van der Waals surface area contributed by atoms with Gasteiger partial charge in [-0.25, -0.2) is 0 Å². The molecular weight excluding hydrogens is 222 g/mol. The molecule has 17 heavy (non-hydrogen) atoms. The number of carbonyl (C=O) groups excluding carboxylic acids is 2. The van der Waals surface area contributed by atoms with E-state index in [0.29, 0.717) is 12.1 Å². The van der Waals surface area contributed by atoms with Crippen molar-refractivity contribution in [3.8, 4) is 0 Å². The summed E-state index contributed by atoms with van der Waals surface area (Å²) < 4.78 is 0. The minimum atomic E-state index is -0.276. The first-order valence-electron chi connectivity index (χ1n) is 5.23. The standard InChI is InChI=1S/C10H17N5O2/c1-6(9(16)12-2)5-15(3)10(17)7-4-13-14-8(7)11/h4,6H,5H2,1-3H3,(H,12,16)(H3,11,13,14). The zero-order valence-electron chi connectivity index (χ0n) is 10.2. The number of nitrogens with zero attached hydrogens (tertiary/aromatic N) is 2. The summed E-state index contributed by atoms with van der Waals surface area (Å²) in [4.78, 5) is 24.7. The van der Waals surface area contributed by atoms with Crippen LogP contribution in [-0.2, 0) is 4.79 Å². The quantitative estimate of drug-likeness (QED) is 0.655. The summed E-state index contributed by atoms with van der Waals surface area (Å²) in [6.07, 6.45) is 1.37. The van der Waals surface area contributed by atoms with E-state index >= 15 is 0 Å². The van der Waals surface area contributed by atoms with Crippen LogP contribution in [0.1, 0.15) is 17.3 Å². The lowest BCUT2D eigenvalue weighted by Gasteiger charge is -2.20. The van der Waals surface area contributed by atoms with Gasteiger partial charge in [0.1, 0.15) is 11.4 Å². The maximum absolute atomic E-state index is 11.9. The average Bonchev–Trinajstić information content (AvgIpc) is 2.73. The summed E-state index contributed by atoms with van der Waals surface area (Å²) >= 11 is 0. The molecule has 1 rings (SSSR count). The highest BCUT2D eigenvalue weighted by atomic mass is 16.2. The van der Waals surface area contributed by atoms with Crippen LogP contribution in [0.25, 0.3) is 0 Å². The monoisotopic (exact) mass is 239 g/mol. The second-order valence-corrected chi connectivity index (χ2v) is 3.90. The van der Waals surface area contributed by atoms with Crippen molar-refractivity contribution in [2.45, 2.75) is 6.92 Å². The Balaban J connectivity index is 2.65. The second-order valence-electron chi connectivity index (χ2n) is 3.90. The molecule has 0 radical (unpaired) electrons. The number of nitrogen functional groups attached to an aromatic ring is 1. The highest BCUT2D eigenvalue weighted by Crippen LogP contribution is 2.10. The molecule has 7 heteroatoms. The van der Waals surface area contributed by atoms with Crippen molar-refractivity contribution in [1.29, 1.82) is 0 Å². The molecule has 4 N–H and O–H groups in total. The van der Waals surface area contributed by atoms with Crippen molar-refractivity contribution < 1.29 is 9.59 Å². The van der Waals surface area contributed by atoms with E-state index in [0.717, 1.165) is 0 Å². The van der Waals surface area contributed by atoms with Gasteiger partial charge in [0.05, 0.1) is 12.1 Å². The summed E-state index contributed by atoms with van der Waals surface area (Å²) in [7, 11) is 3.18. The number of hydrogen-bond acceptors (Lipinski definition) is 4. The number of aromatic amines is 1. The van der Waals surface area contributed by atoms with Gasteiger partial charge in [-0.2, -0.15) is 5.10 Å². The van der Waals surface area contributed by atoms with Gasteiger partial charge in [-0.1, -0.05) is 6.92 Å². The molecule has 94 valence electrons. The molecule has 7 nitrogen and oxygen atoms in total. The number of aromatic nitrogens is 2. The maximum Gasteiger partial charge on any atom is 0.258 e. The molecule has 2 amide bonds. The van der Waals surface area contributed by atoms with E-state index in [4.69, 9.17) is 5.73 Å². The van der Waals surface area contributed by atoms with Gasteiger partial charge in [0.15, 0.2) is 0 Å². The first-order chi connectivity index (χ1) is 7.97. The van der Waals surface area contributed by atoms with Crippen molar-refractivity contribution >= 4 is 17.6 Å². The van der Waals surface area contributed by atoms with Crippen LogP contribution in [-0.4, -0.2) is 47.6 Å². The van der Waals surface area contributed by atoms with E-state index in [2.05, 4.69) is 15.5 Å². The van der Waals surface area contributed by atoms with Crippen LogP contribution in [0.3, 0.4) is 0 Å². The first-order valence-corrected chi connectivity index (χ1v) is 5.23. The third-order valence-corrected chi connectivity index (χ3v) is 2.49. The van der Waals surface area contributed by atoms with E-state index in [-0.39, 0.29) is 23.6 Å².